The minimum absolute atomic E-state index is 0.708. The Hall–Kier alpha value is -1.03. The molecule has 0 aromatic carbocycles. The molecule has 2 heterocycles. The average Bonchev–Trinajstić information content (AvgIpc) is 2.49. The van der Waals surface area contributed by atoms with E-state index >= 15 is 0 Å². The zero-order valence-electron chi connectivity index (χ0n) is 6.61. The standard InChI is InChI=1S/C8H8N2OS/c1-2-7-10-8-5(11-7)3-9-4-6(8)12/h3-4,12H,2H2,1H3. The van der Waals surface area contributed by atoms with E-state index in [0.717, 1.165) is 22.7 Å². The average molecular weight is 180 g/mol. The third-order valence-corrected chi connectivity index (χ3v) is 1.96. The fourth-order valence-corrected chi connectivity index (χ4v) is 1.26. The van der Waals surface area contributed by atoms with Gasteiger partial charge in [0.25, 0.3) is 0 Å². The number of thiol groups is 1. The quantitative estimate of drug-likeness (QED) is 0.683. The van der Waals surface area contributed by atoms with Crippen molar-refractivity contribution in [2.45, 2.75) is 18.2 Å². The summed E-state index contributed by atoms with van der Waals surface area (Å²) in [5.41, 5.74) is 1.50. The van der Waals surface area contributed by atoms with Gasteiger partial charge in [-0.1, -0.05) is 6.92 Å². The Morgan fingerprint density at radius 2 is 2.33 bits per heavy atom. The van der Waals surface area contributed by atoms with Crippen LogP contribution in [0.4, 0.5) is 0 Å². The molecular weight excluding hydrogens is 172 g/mol. The Morgan fingerprint density at radius 3 is 3.00 bits per heavy atom. The first-order valence-electron chi connectivity index (χ1n) is 3.73. The maximum Gasteiger partial charge on any atom is 0.195 e. The van der Waals surface area contributed by atoms with Crippen LogP contribution in [0, 0.1) is 0 Å². The number of aromatic nitrogens is 2. The molecule has 0 bridgehead atoms. The zero-order chi connectivity index (χ0) is 8.55. The lowest BCUT2D eigenvalue weighted by molar-refractivity contribution is 0.537. The third kappa shape index (κ3) is 1.08. The van der Waals surface area contributed by atoms with E-state index in [4.69, 9.17) is 4.42 Å². The summed E-state index contributed by atoms with van der Waals surface area (Å²) in [6.45, 7) is 2.00. The van der Waals surface area contributed by atoms with Crippen LogP contribution in [-0.2, 0) is 6.42 Å². The summed E-state index contributed by atoms with van der Waals surface area (Å²) in [6.07, 6.45) is 4.11. The van der Waals surface area contributed by atoms with Crippen molar-refractivity contribution >= 4 is 23.7 Å². The normalized spacial score (nSPS) is 10.8. The van der Waals surface area contributed by atoms with Crippen LogP contribution in [0.15, 0.2) is 21.7 Å². The van der Waals surface area contributed by atoms with Gasteiger partial charge in [-0.2, -0.15) is 0 Å². The van der Waals surface area contributed by atoms with Gasteiger partial charge >= 0.3 is 0 Å². The molecule has 2 rings (SSSR count). The highest BCUT2D eigenvalue weighted by atomic mass is 32.1. The van der Waals surface area contributed by atoms with Crippen LogP contribution in [0.3, 0.4) is 0 Å². The molecule has 0 saturated heterocycles. The van der Waals surface area contributed by atoms with E-state index < -0.39 is 0 Å². The molecule has 2 aromatic heterocycles. The van der Waals surface area contributed by atoms with Crippen molar-refractivity contribution in [1.29, 1.82) is 0 Å². The lowest BCUT2D eigenvalue weighted by Gasteiger charge is -1.87. The summed E-state index contributed by atoms with van der Waals surface area (Å²) in [6, 6.07) is 0. The van der Waals surface area contributed by atoms with Gasteiger partial charge < -0.3 is 4.42 Å². The minimum atomic E-state index is 0.708. The van der Waals surface area contributed by atoms with Gasteiger partial charge in [0.2, 0.25) is 0 Å². The van der Waals surface area contributed by atoms with Crippen LogP contribution in [0.25, 0.3) is 11.1 Å². The highest BCUT2D eigenvalue weighted by molar-refractivity contribution is 7.80. The van der Waals surface area contributed by atoms with Crippen molar-refractivity contribution < 1.29 is 4.42 Å². The summed E-state index contributed by atoms with van der Waals surface area (Å²) >= 11 is 4.22. The molecule has 0 fully saturated rings. The molecule has 12 heavy (non-hydrogen) atoms. The smallest absolute Gasteiger partial charge is 0.195 e. The molecule has 0 radical (unpaired) electrons. The lowest BCUT2D eigenvalue weighted by atomic mass is 10.4. The second-order valence-electron chi connectivity index (χ2n) is 2.47. The van der Waals surface area contributed by atoms with Crippen LogP contribution in [0.5, 0.6) is 0 Å². The third-order valence-electron chi connectivity index (χ3n) is 1.63. The first-order chi connectivity index (χ1) is 5.81. The summed E-state index contributed by atoms with van der Waals surface area (Å²) in [5, 5.41) is 0. The fourth-order valence-electron chi connectivity index (χ4n) is 1.04. The molecule has 3 nitrogen and oxygen atoms in total. The van der Waals surface area contributed by atoms with Crippen molar-refractivity contribution in [3.8, 4) is 0 Å². The molecule has 0 aliphatic heterocycles. The Bertz CT molecular complexity index is 410. The molecule has 0 spiro atoms. The van der Waals surface area contributed by atoms with Gasteiger partial charge in [0.15, 0.2) is 11.5 Å². The highest BCUT2D eigenvalue weighted by Crippen LogP contribution is 2.20. The minimum Gasteiger partial charge on any atom is -0.439 e. The Balaban J connectivity index is 2.74. The maximum atomic E-state index is 5.38. The number of hydrogen-bond acceptors (Lipinski definition) is 4. The number of nitrogens with zero attached hydrogens (tertiary/aromatic N) is 2. The van der Waals surface area contributed by atoms with Crippen molar-refractivity contribution in [3.05, 3.63) is 18.3 Å². The Kier molecular flexibility index (Phi) is 1.77. The van der Waals surface area contributed by atoms with Crippen LogP contribution in [-0.4, -0.2) is 9.97 Å². The number of hydrogen-bond donors (Lipinski definition) is 1. The summed E-state index contributed by atoms with van der Waals surface area (Å²) < 4.78 is 5.38. The molecule has 62 valence electrons. The number of oxazole rings is 1. The van der Waals surface area contributed by atoms with E-state index in [1.54, 1.807) is 12.4 Å². The van der Waals surface area contributed by atoms with Crippen LogP contribution in [0.2, 0.25) is 0 Å². The summed E-state index contributed by atoms with van der Waals surface area (Å²) in [4.78, 5) is 8.96. The van der Waals surface area contributed by atoms with Crippen LogP contribution >= 0.6 is 12.6 Å². The lowest BCUT2D eigenvalue weighted by Crippen LogP contribution is -1.77. The molecule has 2 aromatic rings. The topological polar surface area (TPSA) is 38.9 Å². The van der Waals surface area contributed by atoms with Gasteiger partial charge in [0, 0.05) is 12.6 Å². The van der Waals surface area contributed by atoms with Gasteiger partial charge in [0.05, 0.1) is 11.1 Å². The van der Waals surface area contributed by atoms with E-state index in [2.05, 4.69) is 22.6 Å². The van der Waals surface area contributed by atoms with Crippen molar-refractivity contribution in [1.82, 2.24) is 9.97 Å². The molecule has 0 N–H and O–H groups in total. The second-order valence-corrected chi connectivity index (χ2v) is 2.95. The SMILES string of the molecule is CCc1nc2c(S)cncc2o1. The summed E-state index contributed by atoms with van der Waals surface area (Å²) in [7, 11) is 0. The van der Waals surface area contributed by atoms with E-state index in [0.29, 0.717) is 5.58 Å². The predicted octanol–water partition coefficient (Wildman–Crippen LogP) is 2.07. The largest absolute Gasteiger partial charge is 0.439 e. The highest BCUT2D eigenvalue weighted by Gasteiger charge is 2.05. The van der Waals surface area contributed by atoms with Gasteiger partial charge in [-0.05, 0) is 0 Å². The van der Waals surface area contributed by atoms with Gasteiger partial charge in [-0.15, -0.1) is 12.6 Å². The van der Waals surface area contributed by atoms with E-state index in [9.17, 15) is 0 Å². The number of fused-ring (bicyclic) bond motifs is 1. The number of aryl methyl sites for hydroxylation is 1. The predicted molar refractivity (Wildman–Crippen MR) is 48.4 cm³/mol. The number of rotatable bonds is 1. The molecule has 0 saturated carbocycles. The van der Waals surface area contributed by atoms with E-state index in [1.807, 2.05) is 6.92 Å². The molecule has 0 unspecified atom stereocenters. The molecular formula is C8H8N2OS. The van der Waals surface area contributed by atoms with Gasteiger partial charge in [-0.3, -0.25) is 4.98 Å². The molecule has 0 aliphatic rings. The summed E-state index contributed by atoms with van der Waals surface area (Å²) in [5.74, 6) is 0.730. The second kappa shape index (κ2) is 2.79. The van der Waals surface area contributed by atoms with Crippen molar-refractivity contribution in [2.24, 2.45) is 0 Å². The van der Waals surface area contributed by atoms with E-state index in [1.165, 1.54) is 0 Å². The Labute approximate surface area is 75.2 Å². The fraction of sp³-hybridized carbons (Fsp3) is 0.250. The maximum absolute atomic E-state index is 5.38. The zero-order valence-corrected chi connectivity index (χ0v) is 7.51. The van der Waals surface area contributed by atoms with Crippen LogP contribution in [0.1, 0.15) is 12.8 Å². The van der Waals surface area contributed by atoms with Crippen molar-refractivity contribution in [3.63, 3.8) is 0 Å². The molecule has 0 aliphatic carbocycles. The first kappa shape index (κ1) is 7.61. The molecule has 0 atom stereocenters. The monoisotopic (exact) mass is 180 g/mol. The van der Waals surface area contributed by atoms with Crippen LogP contribution < -0.4 is 0 Å². The van der Waals surface area contributed by atoms with Gasteiger partial charge in [0.1, 0.15) is 5.52 Å². The molecule has 0 amide bonds. The van der Waals surface area contributed by atoms with E-state index in [-0.39, 0.29) is 0 Å². The molecule has 4 heteroatoms. The van der Waals surface area contributed by atoms with Crippen molar-refractivity contribution in [2.75, 3.05) is 0 Å². The number of pyridine rings is 1. The Morgan fingerprint density at radius 1 is 1.50 bits per heavy atom. The first-order valence-corrected chi connectivity index (χ1v) is 4.18. The van der Waals surface area contributed by atoms with Gasteiger partial charge in [-0.25, -0.2) is 4.98 Å².